The van der Waals surface area contributed by atoms with Crippen LogP contribution in [0.15, 0.2) is 90.5 Å². The molecular weight excluding hydrogens is 984 g/mol. The molecule has 0 aliphatic heterocycles. The zero-order valence-corrected chi connectivity index (χ0v) is 35.2. The van der Waals surface area contributed by atoms with Gasteiger partial charge in [-0.2, -0.15) is 8.78 Å². The molecule has 2 nitrogen and oxygen atoms in total. The number of hydrogen-bond acceptors (Lipinski definition) is 2. The van der Waals surface area contributed by atoms with Gasteiger partial charge >= 0.3 is 0 Å². The molecule has 1 aliphatic carbocycles. The fraction of sp³-hybridized carbons (Fsp3) is 0.0652. The highest BCUT2D eigenvalue weighted by atomic mass is 28.3. The molecule has 0 bridgehead atoms. The maximum absolute atomic E-state index is 15.8. The van der Waals surface area contributed by atoms with Gasteiger partial charge in [-0.1, -0.05) is 49.5 Å². The van der Waals surface area contributed by atoms with Gasteiger partial charge in [-0.05, 0) is 24.3 Å². The molecule has 69 heavy (non-hydrogen) atoms. The normalized spacial score (nSPS) is 12.5. The molecule has 0 saturated carbocycles. The number of halogens is 19. The van der Waals surface area contributed by atoms with Crippen LogP contribution in [-0.4, -0.2) is 15.8 Å². The lowest BCUT2D eigenvalue weighted by atomic mass is 9.80. The summed E-state index contributed by atoms with van der Waals surface area (Å²) in [5.41, 5.74) is -4.83. The van der Waals surface area contributed by atoms with Crippen molar-refractivity contribution in [3.63, 3.8) is 0 Å². The minimum absolute atomic E-state index is 0.179. The average Bonchev–Trinajstić information content (AvgIpc) is 3.34. The quantitative estimate of drug-likeness (QED) is 0.0361. The van der Waals surface area contributed by atoms with Crippen LogP contribution in [0.25, 0.3) is 5.57 Å². The molecule has 0 heterocycles. The summed E-state index contributed by atoms with van der Waals surface area (Å²) in [4.78, 5) is 0. The molecule has 0 atom stereocenters. The molecule has 6 aromatic carbocycles. The molecule has 0 N–H and O–H groups in total. The Morgan fingerprint density at radius 1 is 0.449 bits per heavy atom. The molecule has 23 heteroatoms. The first-order valence-corrected chi connectivity index (χ1v) is 22.0. The van der Waals surface area contributed by atoms with Crippen LogP contribution in [0.3, 0.4) is 0 Å². The van der Waals surface area contributed by atoms with Crippen LogP contribution in [0.1, 0.15) is 27.8 Å². The van der Waals surface area contributed by atoms with Crippen LogP contribution in [0.2, 0.25) is 13.1 Å². The molecule has 0 amide bonds. The van der Waals surface area contributed by atoms with Crippen LogP contribution in [0.5, 0.6) is 5.75 Å². The first kappa shape index (κ1) is 51.5. The van der Waals surface area contributed by atoms with E-state index in [1.807, 2.05) is 0 Å². The maximum atomic E-state index is 15.8. The second-order valence-corrected chi connectivity index (χ2v) is 19.4. The van der Waals surface area contributed by atoms with Gasteiger partial charge in [-0.3, -0.25) is 0 Å². The van der Waals surface area contributed by atoms with Gasteiger partial charge in [0.25, 0.3) is 0 Å². The molecule has 357 valence electrons. The van der Waals surface area contributed by atoms with E-state index in [0.29, 0.717) is 0 Å². The van der Waals surface area contributed by atoms with Crippen molar-refractivity contribution in [3.8, 4) is 5.75 Å². The lowest BCUT2D eigenvalue weighted by Crippen LogP contribution is -2.65. The fourth-order valence-electron chi connectivity index (χ4n) is 7.93. The summed E-state index contributed by atoms with van der Waals surface area (Å²) in [6, 6.07) is 21.1. The molecule has 0 saturated heterocycles. The van der Waals surface area contributed by atoms with Gasteiger partial charge in [0.1, 0.15) is 13.6 Å². The predicted molar refractivity (Wildman–Crippen MR) is 210 cm³/mol. The van der Waals surface area contributed by atoms with Crippen molar-refractivity contribution in [2.75, 3.05) is 0 Å². The highest BCUT2D eigenvalue weighted by molar-refractivity contribution is 6.93. The zero-order valence-electron chi connectivity index (χ0n) is 34.2. The highest BCUT2D eigenvalue weighted by Crippen LogP contribution is 2.54. The van der Waals surface area contributed by atoms with Crippen molar-refractivity contribution < 1.29 is 93.1 Å². The summed E-state index contributed by atoms with van der Waals surface area (Å²) in [6.45, 7) is -0.358. The van der Waals surface area contributed by atoms with E-state index in [1.165, 1.54) is 22.3 Å². The summed E-state index contributed by atoms with van der Waals surface area (Å²) in [5.74, 6) is -65.7. The molecule has 0 fully saturated rings. The maximum Gasteiger partial charge on any atom is 0.245 e. The van der Waals surface area contributed by atoms with Crippen LogP contribution in [0, 0.1) is 117 Å². The molecular formula is C46H21BF19O2Si. The molecule has 0 unspecified atom stereocenters. The number of allylic oxidation sites excluding steroid dienone is 5. The van der Waals surface area contributed by atoms with Gasteiger partial charge in [0, 0.05) is 63.7 Å². The second-order valence-electron chi connectivity index (χ2n) is 14.9. The number of rotatable bonds is 9. The lowest BCUT2D eigenvalue weighted by Gasteiger charge is -2.47. The van der Waals surface area contributed by atoms with E-state index in [-0.39, 0.29) is 13.1 Å². The van der Waals surface area contributed by atoms with Crippen molar-refractivity contribution in [2.45, 2.75) is 18.1 Å². The fourth-order valence-corrected chi connectivity index (χ4v) is 12.2. The number of hydrogen-bond donors (Lipinski definition) is 0. The minimum atomic E-state index is -6.84. The molecule has 0 aromatic heterocycles. The smallest absolute Gasteiger partial charge is 0.245 e. The van der Waals surface area contributed by atoms with E-state index in [9.17, 15) is 44.5 Å². The third-order valence-electron chi connectivity index (χ3n) is 10.9. The van der Waals surface area contributed by atoms with Crippen molar-refractivity contribution in [1.82, 2.24) is 0 Å². The lowest BCUT2D eigenvalue weighted by molar-refractivity contribution is -0.198. The Morgan fingerprint density at radius 2 is 0.768 bits per heavy atom. The van der Waals surface area contributed by atoms with Gasteiger partial charge in [-0.15, -0.1) is 0 Å². The second kappa shape index (κ2) is 19.6. The third-order valence-corrected chi connectivity index (χ3v) is 15.2. The Labute approximate surface area is 378 Å². The molecule has 0 spiro atoms. The summed E-state index contributed by atoms with van der Waals surface area (Å²) in [7, 11) is -7.72. The standard InChI is InChI=1S/C27H6BF19O2Si.C19H15/c1-50(2,26-23(46)21(44)25(49-28-48)22(45)24(26)47)27(3-6(29)12(35)18(41)13(36)7(3)30,4-8(31)14(37)19(42)15(38)9(4)32)5-10(33)16(39)20(43)17(40)11(5)34;1-4-10-16(11-5-1)19(17-12-6-2-7-13-17)18-14-8-3-9-15-18/h1-2H3;1-15H/q-1;+1. The Bertz CT molecular complexity index is 2800. The molecule has 1 radical (unpaired) electrons. The zero-order chi connectivity index (χ0) is 51.2. The summed E-state index contributed by atoms with van der Waals surface area (Å²) < 4.78 is 292. The summed E-state index contributed by atoms with van der Waals surface area (Å²) in [5, 5.41) is 2.54. The van der Waals surface area contributed by atoms with Crippen LogP contribution >= 0.6 is 0 Å². The van der Waals surface area contributed by atoms with E-state index in [4.69, 9.17) is 0 Å². The van der Waals surface area contributed by atoms with E-state index in [2.05, 4.69) is 96.0 Å². The Hall–Kier alpha value is -6.88. The summed E-state index contributed by atoms with van der Waals surface area (Å²) in [6.07, 6.45) is 10.5. The van der Waals surface area contributed by atoms with Gasteiger partial charge in [0.2, 0.25) is 36.8 Å². The van der Waals surface area contributed by atoms with Crippen molar-refractivity contribution in [3.05, 3.63) is 235 Å². The van der Waals surface area contributed by atoms with Gasteiger partial charge < -0.3 is 9.68 Å². The van der Waals surface area contributed by atoms with Crippen LogP contribution in [0.4, 0.5) is 83.4 Å². The van der Waals surface area contributed by atoms with E-state index < -0.39 is 159 Å². The summed E-state index contributed by atoms with van der Waals surface area (Å²) >= 11 is 0. The Morgan fingerprint density at radius 3 is 1.06 bits per heavy atom. The van der Waals surface area contributed by atoms with E-state index in [0.717, 1.165) is 0 Å². The average molecular weight is 1010 g/mol. The largest absolute Gasteiger partial charge is 0.850 e. The predicted octanol–water partition coefficient (Wildman–Crippen LogP) is 11.9. The van der Waals surface area contributed by atoms with Crippen molar-refractivity contribution >= 4 is 26.5 Å². The van der Waals surface area contributed by atoms with Crippen molar-refractivity contribution in [2.24, 2.45) is 0 Å². The van der Waals surface area contributed by atoms with Crippen LogP contribution < -0.4 is 14.9 Å². The van der Waals surface area contributed by atoms with Crippen LogP contribution in [-0.2, 0) is 5.04 Å². The van der Waals surface area contributed by atoms with Gasteiger partial charge in [-0.25, -0.2) is 74.6 Å². The monoisotopic (exact) mass is 1010 g/mol. The topological polar surface area (TPSA) is 32.3 Å². The first-order valence-electron chi connectivity index (χ1n) is 19.0. The van der Waals surface area contributed by atoms with Gasteiger partial charge in [0.15, 0.2) is 87.2 Å². The molecule has 7 rings (SSSR count). The Balaban J connectivity index is 0.000000339. The third kappa shape index (κ3) is 8.23. The molecule has 1 aliphatic rings. The SMILES string of the molecule is C1=C[CH+]C(=C(c2ccccc2)c2ccccc2)C=C1.C[Si](C)(c1c(F)c(F)c(O[B][O-])c(F)c1F)C(c1c(F)c(F)c(F)c(F)c1F)(c1c(F)c(F)c(F)c(F)c1F)c1c(F)c(F)c(F)c(F)c1F. The minimum Gasteiger partial charge on any atom is -0.850 e. The highest BCUT2D eigenvalue weighted by Gasteiger charge is 2.64. The number of benzene rings is 6. The first-order chi connectivity index (χ1) is 32.4. The van der Waals surface area contributed by atoms with Gasteiger partial charge in [0.05, 0.1) is 10.6 Å². The molecule has 6 aromatic rings. The van der Waals surface area contributed by atoms with Crippen molar-refractivity contribution in [1.29, 1.82) is 0 Å². The van der Waals surface area contributed by atoms with E-state index in [1.54, 1.807) is 0 Å². The Kier molecular flexibility index (Phi) is 14.6. The van der Waals surface area contributed by atoms with E-state index >= 15 is 43.9 Å².